The maximum atomic E-state index is 11.3. The molecule has 5 saturated carbocycles. The van der Waals surface area contributed by atoms with Crippen LogP contribution in [0.4, 0.5) is 0 Å². The van der Waals surface area contributed by atoms with E-state index >= 15 is 0 Å². The Balaban J connectivity index is 1.42. The van der Waals surface area contributed by atoms with Gasteiger partial charge in [-0.1, -0.05) is 0 Å². The summed E-state index contributed by atoms with van der Waals surface area (Å²) in [7, 11) is 0. The summed E-state index contributed by atoms with van der Waals surface area (Å²) in [6.45, 7) is 5.16. The number of aliphatic imine (C=N–C) groups is 1. The van der Waals surface area contributed by atoms with Crippen LogP contribution in [0.3, 0.4) is 0 Å². The number of nitrogens with zero attached hydrogens (tertiary/aromatic N) is 1. The van der Waals surface area contributed by atoms with Gasteiger partial charge in [0.05, 0.1) is 17.8 Å². The predicted molar refractivity (Wildman–Crippen MR) is 128 cm³/mol. The molecule has 2 N–H and O–H groups in total. The molecule has 0 saturated heterocycles. The second-order valence-corrected chi connectivity index (χ2v) is 12.6. The molecule has 4 bridgehead atoms. The first-order valence-corrected chi connectivity index (χ1v) is 12.9. The molecule has 2 unspecified atom stereocenters. The molecule has 5 aliphatic carbocycles. The summed E-state index contributed by atoms with van der Waals surface area (Å²) in [6.07, 6.45) is 9.58. The molecular weight excluding hydrogens is 418 g/mol. The molecule has 0 spiro atoms. The predicted octanol–water partition coefficient (Wildman–Crippen LogP) is 5.75. The summed E-state index contributed by atoms with van der Waals surface area (Å²) in [5.41, 5.74) is 2.23. The first-order chi connectivity index (χ1) is 15.2. The quantitative estimate of drug-likeness (QED) is 0.452. The van der Waals surface area contributed by atoms with Crippen LogP contribution in [-0.2, 0) is 5.41 Å². The summed E-state index contributed by atoms with van der Waals surface area (Å²) < 4.78 is 6.61. The third-order valence-electron chi connectivity index (χ3n) is 9.85. The Morgan fingerprint density at radius 1 is 1.12 bits per heavy atom. The lowest BCUT2D eigenvalue weighted by Gasteiger charge is -2.62. The monoisotopic (exact) mass is 453 g/mol. The van der Waals surface area contributed by atoms with Crippen molar-refractivity contribution in [1.29, 1.82) is 0 Å². The summed E-state index contributed by atoms with van der Waals surface area (Å²) in [5, 5.41) is 24.3. The van der Waals surface area contributed by atoms with Gasteiger partial charge in [-0.05, 0) is 124 Å². The van der Waals surface area contributed by atoms with Crippen LogP contribution in [0.25, 0.3) is 0 Å². The highest BCUT2D eigenvalue weighted by Crippen LogP contribution is 2.67. The van der Waals surface area contributed by atoms with E-state index in [-0.39, 0.29) is 28.5 Å². The molecular formula is C27H35NO3S. The van der Waals surface area contributed by atoms with Crippen LogP contribution in [0, 0.1) is 23.2 Å². The third-order valence-corrected chi connectivity index (χ3v) is 9.98. The molecule has 7 rings (SSSR count). The van der Waals surface area contributed by atoms with Gasteiger partial charge in [-0.25, -0.2) is 4.99 Å². The second-order valence-electron chi connectivity index (χ2n) is 12.4. The zero-order chi connectivity index (χ0) is 22.3. The number of isothiocyanates is 1. The zero-order valence-electron chi connectivity index (χ0n) is 19.3. The van der Waals surface area contributed by atoms with Gasteiger partial charge >= 0.3 is 0 Å². The lowest BCUT2D eigenvalue weighted by Crippen LogP contribution is -2.55. The third kappa shape index (κ3) is 3.11. The van der Waals surface area contributed by atoms with Crippen LogP contribution in [-0.4, -0.2) is 33.6 Å². The minimum absolute atomic E-state index is 0.101. The van der Waals surface area contributed by atoms with Gasteiger partial charge in [0.15, 0.2) is 0 Å². The molecule has 172 valence electrons. The number of aromatic hydroxyl groups is 1. The van der Waals surface area contributed by atoms with Crippen LogP contribution in [0.15, 0.2) is 17.1 Å². The lowest BCUT2D eigenvalue weighted by molar-refractivity contribution is -0.0669. The van der Waals surface area contributed by atoms with Crippen LogP contribution >= 0.6 is 12.2 Å². The van der Waals surface area contributed by atoms with Crippen LogP contribution in [0.2, 0.25) is 0 Å². The molecule has 0 aromatic heterocycles. The molecule has 4 nitrogen and oxygen atoms in total. The van der Waals surface area contributed by atoms with Gasteiger partial charge < -0.3 is 14.9 Å². The first-order valence-electron chi connectivity index (χ1n) is 12.5. The van der Waals surface area contributed by atoms with E-state index in [9.17, 15) is 10.2 Å². The van der Waals surface area contributed by atoms with Crippen LogP contribution in [0.5, 0.6) is 11.5 Å². The summed E-state index contributed by atoms with van der Waals surface area (Å²) in [5.74, 6) is 3.19. The van der Waals surface area contributed by atoms with Gasteiger partial charge in [-0.2, -0.15) is 0 Å². The van der Waals surface area contributed by atoms with Crippen molar-refractivity contribution in [1.82, 2.24) is 0 Å². The largest absolute Gasteiger partial charge is 0.508 e. The van der Waals surface area contributed by atoms with E-state index in [1.807, 2.05) is 0 Å². The highest BCUT2D eigenvalue weighted by atomic mass is 32.1. The Labute approximate surface area is 196 Å². The van der Waals surface area contributed by atoms with Crippen molar-refractivity contribution in [2.24, 2.45) is 28.2 Å². The normalized spacial score (nSPS) is 43.0. The van der Waals surface area contributed by atoms with Gasteiger partial charge in [0, 0.05) is 17.4 Å². The minimum atomic E-state index is -0.292. The first kappa shape index (κ1) is 21.1. The van der Waals surface area contributed by atoms with E-state index in [0.717, 1.165) is 49.0 Å². The molecule has 1 aliphatic heterocycles. The number of hydrogen-bond acceptors (Lipinski definition) is 5. The fraction of sp³-hybridized carbons (Fsp3) is 0.741. The Morgan fingerprint density at radius 2 is 1.88 bits per heavy atom. The Hall–Kier alpha value is -1.42. The number of rotatable bonds is 3. The van der Waals surface area contributed by atoms with Crippen molar-refractivity contribution in [2.75, 3.05) is 6.54 Å². The molecule has 32 heavy (non-hydrogen) atoms. The summed E-state index contributed by atoms with van der Waals surface area (Å²) >= 11 is 4.90. The van der Waals surface area contributed by atoms with Crippen molar-refractivity contribution in [3.63, 3.8) is 0 Å². The van der Waals surface area contributed by atoms with Crippen molar-refractivity contribution >= 4 is 17.4 Å². The van der Waals surface area contributed by atoms with E-state index in [0.29, 0.717) is 18.1 Å². The van der Waals surface area contributed by atoms with Crippen LogP contribution < -0.4 is 4.74 Å². The summed E-state index contributed by atoms with van der Waals surface area (Å²) in [6, 6.07) is 4.32. The maximum Gasteiger partial charge on any atom is 0.127 e. The lowest BCUT2D eigenvalue weighted by atomic mass is 9.43. The molecule has 5 atom stereocenters. The van der Waals surface area contributed by atoms with E-state index in [1.165, 1.54) is 37.7 Å². The number of benzene rings is 1. The fourth-order valence-corrected chi connectivity index (χ4v) is 9.27. The van der Waals surface area contributed by atoms with Crippen LogP contribution in [0.1, 0.15) is 88.7 Å². The Morgan fingerprint density at radius 3 is 2.59 bits per heavy atom. The molecule has 0 radical (unpaired) electrons. The molecule has 1 aromatic carbocycles. The van der Waals surface area contributed by atoms with E-state index in [4.69, 9.17) is 17.0 Å². The highest BCUT2D eigenvalue weighted by molar-refractivity contribution is 7.78. The Kier molecular flexibility index (Phi) is 4.65. The minimum Gasteiger partial charge on any atom is -0.508 e. The van der Waals surface area contributed by atoms with Crippen molar-refractivity contribution < 1.29 is 14.9 Å². The SMILES string of the molecule is CC1(C)Oc2cc(C34CC5CC(CC(CN=C=S)(C5)C3)C4)cc(O)c2[C@@H]2C[C@H](O)CC[C@H]21. The van der Waals surface area contributed by atoms with Crippen molar-refractivity contribution in [3.05, 3.63) is 23.3 Å². The standard InChI is InChI=1S/C27H35NO3S/c1-25(2)21-4-3-19(29)8-20(21)24-22(30)6-18(7-23(24)31-25)27-11-16-5-17(12-27)10-26(9-16,13-27)14-28-15-32/h6-7,16-17,19-21,29-30H,3-5,8-14H2,1-2H3/t16?,17?,19-,20-,21-,26?,27?/m1/s1. The average Bonchev–Trinajstić information content (AvgIpc) is 2.70. The number of thiocarbonyl (C=S) groups is 1. The smallest absolute Gasteiger partial charge is 0.127 e. The van der Waals surface area contributed by atoms with Gasteiger partial charge in [-0.3, -0.25) is 0 Å². The van der Waals surface area contributed by atoms with Gasteiger partial charge in [0.25, 0.3) is 0 Å². The molecule has 5 heteroatoms. The van der Waals surface area contributed by atoms with Gasteiger partial charge in [0.1, 0.15) is 17.1 Å². The van der Waals surface area contributed by atoms with Gasteiger partial charge in [-0.15, -0.1) is 0 Å². The Bertz CT molecular complexity index is 983. The molecule has 5 fully saturated rings. The zero-order valence-corrected chi connectivity index (χ0v) is 20.1. The average molecular weight is 454 g/mol. The summed E-state index contributed by atoms with van der Waals surface area (Å²) in [4.78, 5) is 4.41. The van der Waals surface area contributed by atoms with E-state index in [1.54, 1.807) is 0 Å². The molecule has 1 heterocycles. The van der Waals surface area contributed by atoms with Gasteiger partial charge in [0.2, 0.25) is 0 Å². The molecule has 6 aliphatic rings. The number of hydrogen-bond donors (Lipinski definition) is 2. The van der Waals surface area contributed by atoms with E-state index in [2.05, 4.69) is 36.1 Å². The number of aliphatic hydroxyl groups excluding tert-OH is 1. The number of fused-ring (bicyclic) bond motifs is 3. The highest BCUT2D eigenvalue weighted by Gasteiger charge is 2.58. The van der Waals surface area contributed by atoms with E-state index < -0.39 is 0 Å². The molecule has 1 aromatic rings. The van der Waals surface area contributed by atoms with Crippen molar-refractivity contribution in [2.45, 2.75) is 94.7 Å². The molecule has 0 amide bonds. The number of phenols is 1. The number of ether oxygens (including phenoxy) is 1. The topological polar surface area (TPSA) is 62.0 Å². The number of aliphatic hydroxyl groups is 1. The fourth-order valence-electron chi connectivity index (χ4n) is 9.21. The maximum absolute atomic E-state index is 11.3. The number of phenolic OH excluding ortho intramolecular Hbond substituents is 1. The second kappa shape index (κ2) is 7.04. The van der Waals surface area contributed by atoms with Crippen molar-refractivity contribution in [3.8, 4) is 11.5 Å².